The first-order valence-corrected chi connectivity index (χ1v) is 6.95. The molecule has 1 aromatic heterocycles. The number of nitrogens with zero attached hydrogens (tertiary/aromatic N) is 2. The van der Waals surface area contributed by atoms with Gasteiger partial charge in [0, 0.05) is 20.1 Å². The molecule has 0 aromatic carbocycles. The third-order valence-corrected chi connectivity index (χ3v) is 3.53. The van der Waals surface area contributed by atoms with Crippen molar-refractivity contribution in [2.24, 2.45) is 0 Å². The van der Waals surface area contributed by atoms with Gasteiger partial charge in [0.2, 0.25) is 0 Å². The van der Waals surface area contributed by atoms with Crippen molar-refractivity contribution < 1.29 is 14.3 Å². The molecule has 0 amide bonds. The molecular formula is C13H19ClN2O3. The van der Waals surface area contributed by atoms with Gasteiger partial charge < -0.3 is 9.47 Å². The van der Waals surface area contributed by atoms with Crippen LogP contribution in [0.1, 0.15) is 36.2 Å². The maximum Gasteiger partial charge on any atom is 0.184 e. The number of ketones is 1. The van der Waals surface area contributed by atoms with Crippen LogP contribution in [0.5, 0.6) is 0 Å². The van der Waals surface area contributed by atoms with Gasteiger partial charge in [-0.3, -0.25) is 9.48 Å². The van der Waals surface area contributed by atoms with Crippen molar-refractivity contribution in [2.45, 2.75) is 38.3 Å². The first kappa shape index (κ1) is 14.5. The molecule has 6 heteroatoms. The van der Waals surface area contributed by atoms with E-state index < -0.39 is 0 Å². The van der Waals surface area contributed by atoms with Gasteiger partial charge >= 0.3 is 0 Å². The topological polar surface area (TPSA) is 53.4 Å². The van der Waals surface area contributed by atoms with Gasteiger partial charge in [-0.2, -0.15) is 5.10 Å². The quantitative estimate of drug-likeness (QED) is 0.753. The zero-order chi connectivity index (χ0) is 13.7. The number of methoxy groups -OCH3 is 1. The molecule has 1 aliphatic rings. The average Bonchev–Trinajstić information content (AvgIpc) is 2.78. The molecule has 1 atom stereocenters. The van der Waals surface area contributed by atoms with Crippen LogP contribution in [0, 0.1) is 0 Å². The van der Waals surface area contributed by atoms with Gasteiger partial charge in [0.15, 0.2) is 5.78 Å². The number of ether oxygens (including phenoxy) is 2. The maximum absolute atomic E-state index is 12.3. The Morgan fingerprint density at radius 2 is 2.47 bits per heavy atom. The zero-order valence-corrected chi connectivity index (χ0v) is 11.9. The van der Waals surface area contributed by atoms with Crippen molar-refractivity contribution in [1.82, 2.24) is 9.78 Å². The third-order valence-electron chi connectivity index (χ3n) is 3.25. The molecule has 0 spiro atoms. The fraction of sp³-hybridized carbons (Fsp3) is 0.692. The molecule has 1 aromatic rings. The van der Waals surface area contributed by atoms with Crippen molar-refractivity contribution in [3.8, 4) is 0 Å². The Labute approximate surface area is 117 Å². The Morgan fingerprint density at radius 1 is 1.63 bits per heavy atom. The fourth-order valence-corrected chi connectivity index (χ4v) is 2.51. The van der Waals surface area contributed by atoms with E-state index in [0.717, 1.165) is 25.9 Å². The Hall–Kier alpha value is -0.910. The van der Waals surface area contributed by atoms with Gasteiger partial charge in [0.1, 0.15) is 5.69 Å². The van der Waals surface area contributed by atoms with Crippen LogP contribution in [0.3, 0.4) is 0 Å². The molecule has 0 bridgehead atoms. The molecule has 0 N–H and O–H groups in total. The number of carbonyl (C=O) groups is 1. The summed E-state index contributed by atoms with van der Waals surface area (Å²) in [5, 5.41) is 4.51. The summed E-state index contributed by atoms with van der Waals surface area (Å²) >= 11 is 6.05. The average molecular weight is 287 g/mol. The SMILES string of the molecule is COCCn1ncc(Cl)c1C(=O)CC1CCCCO1. The molecule has 106 valence electrons. The van der Waals surface area contributed by atoms with E-state index in [1.807, 2.05) is 0 Å². The second-order valence-electron chi connectivity index (χ2n) is 4.67. The highest BCUT2D eigenvalue weighted by Crippen LogP contribution is 2.22. The molecule has 0 aliphatic carbocycles. The molecule has 0 saturated carbocycles. The van der Waals surface area contributed by atoms with Crippen LogP contribution in [0.15, 0.2) is 6.20 Å². The van der Waals surface area contributed by atoms with Gasteiger partial charge in [-0.25, -0.2) is 0 Å². The van der Waals surface area contributed by atoms with E-state index in [-0.39, 0.29) is 11.9 Å². The highest BCUT2D eigenvalue weighted by Gasteiger charge is 2.23. The second kappa shape index (κ2) is 7.03. The normalized spacial score (nSPS) is 19.6. The summed E-state index contributed by atoms with van der Waals surface area (Å²) in [7, 11) is 1.61. The van der Waals surface area contributed by atoms with E-state index in [2.05, 4.69) is 5.10 Å². The van der Waals surface area contributed by atoms with Gasteiger partial charge in [0.25, 0.3) is 0 Å². The zero-order valence-electron chi connectivity index (χ0n) is 11.1. The van der Waals surface area contributed by atoms with Crippen molar-refractivity contribution in [3.05, 3.63) is 16.9 Å². The summed E-state index contributed by atoms with van der Waals surface area (Å²) in [5.41, 5.74) is 0.466. The van der Waals surface area contributed by atoms with E-state index in [4.69, 9.17) is 21.1 Å². The minimum Gasteiger partial charge on any atom is -0.383 e. The largest absolute Gasteiger partial charge is 0.383 e. The summed E-state index contributed by atoms with van der Waals surface area (Å²) in [4.78, 5) is 12.3. The highest BCUT2D eigenvalue weighted by molar-refractivity contribution is 6.33. The molecule has 1 aliphatic heterocycles. The minimum atomic E-state index is -0.00879. The molecule has 1 fully saturated rings. The Balaban J connectivity index is 2.02. The van der Waals surface area contributed by atoms with Gasteiger partial charge in [-0.05, 0) is 19.3 Å². The summed E-state index contributed by atoms with van der Waals surface area (Å²) < 4.78 is 12.2. The lowest BCUT2D eigenvalue weighted by Crippen LogP contribution is -2.24. The van der Waals surface area contributed by atoms with Gasteiger partial charge in [-0.1, -0.05) is 11.6 Å². The van der Waals surface area contributed by atoms with E-state index in [1.165, 1.54) is 6.20 Å². The van der Waals surface area contributed by atoms with E-state index >= 15 is 0 Å². The molecular weight excluding hydrogens is 268 g/mol. The number of hydrogen-bond acceptors (Lipinski definition) is 4. The molecule has 0 radical (unpaired) electrons. The Kier molecular flexibility index (Phi) is 5.36. The summed E-state index contributed by atoms with van der Waals surface area (Å²) in [6.07, 6.45) is 5.04. The Morgan fingerprint density at radius 3 is 3.16 bits per heavy atom. The molecule has 1 saturated heterocycles. The van der Waals surface area contributed by atoms with E-state index in [1.54, 1.807) is 11.8 Å². The van der Waals surface area contributed by atoms with Gasteiger partial charge in [0.05, 0.1) is 30.5 Å². The van der Waals surface area contributed by atoms with Crippen LogP contribution in [-0.4, -0.2) is 42.0 Å². The number of halogens is 1. The lowest BCUT2D eigenvalue weighted by atomic mass is 10.0. The van der Waals surface area contributed by atoms with Gasteiger partial charge in [-0.15, -0.1) is 0 Å². The summed E-state index contributed by atoms with van der Waals surface area (Å²) in [6, 6.07) is 0. The number of hydrogen-bond donors (Lipinski definition) is 0. The van der Waals surface area contributed by atoms with Crippen LogP contribution < -0.4 is 0 Å². The van der Waals surface area contributed by atoms with Crippen LogP contribution in [-0.2, 0) is 16.0 Å². The molecule has 2 heterocycles. The molecule has 2 rings (SSSR count). The minimum absolute atomic E-state index is 0.00879. The summed E-state index contributed by atoms with van der Waals surface area (Å²) in [5.74, 6) is -0.00879. The number of rotatable bonds is 6. The number of aromatic nitrogens is 2. The van der Waals surface area contributed by atoms with Crippen molar-refractivity contribution in [3.63, 3.8) is 0 Å². The summed E-state index contributed by atoms with van der Waals surface area (Å²) in [6.45, 7) is 1.77. The maximum atomic E-state index is 12.3. The predicted molar refractivity (Wildman–Crippen MR) is 71.7 cm³/mol. The first-order valence-electron chi connectivity index (χ1n) is 6.57. The van der Waals surface area contributed by atoms with Crippen molar-refractivity contribution >= 4 is 17.4 Å². The van der Waals surface area contributed by atoms with Crippen LogP contribution >= 0.6 is 11.6 Å². The molecule has 19 heavy (non-hydrogen) atoms. The monoisotopic (exact) mass is 286 g/mol. The predicted octanol–water partition coefficient (Wildman–Crippen LogP) is 2.32. The van der Waals surface area contributed by atoms with Crippen LogP contribution in [0.4, 0.5) is 0 Å². The third kappa shape index (κ3) is 3.78. The van der Waals surface area contributed by atoms with Crippen LogP contribution in [0.2, 0.25) is 5.02 Å². The molecule has 1 unspecified atom stereocenters. The lowest BCUT2D eigenvalue weighted by Gasteiger charge is -2.21. The lowest BCUT2D eigenvalue weighted by molar-refractivity contribution is 0.0126. The van der Waals surface area contributed by atoms with E-state index in [0.29, 0.717) is 30.3 Å². The fourth-order valence-electron chi connectivity index (χ4n) is 2.26. The van der Waals surface area contributed by atoms with Crippen molar-refractivity contribution in [1.29, 1.82) is 0 Å². The second-order valence-corrected chi connectivity index (χ2v) is 5.08. The van der Waals surface area contributed by atoms with Crippen LogP contribution in [0.25, 0.3) is 0 Å². The van der Waals surface area contributed by atoms with Crippen molar-refractivity contribution in [2.75, 3.05) is 20.3 Å². The highest BCUT2D eigenvalue weighted by atomic mass is 35.5. The molecule has 5 nitrogen and oxygen atoms in total. The Bertz CT molecular complexity index is 428. The smallest absolute Gasteiger partial charge is 0.184 e. The number of Topliss-reactive ketones (excluding diaryl/α,β-unsaturated/α-hetero) is 1. The number of carbonyl (C=O) groups excluding carboxylic acids is 1. The standard InChI is InChI=1S/C13H19ClN2O3/c1-18-7-5-16-13(11(14)9-15-16)12(17)8-10-4-2-3-6-19-10/h9-10H,2-8H2,1H3. The first-order chi connectivity index (χ1) is 9.22. The van der Waals surface area contributed by atoms with E-state index in [9.17, 15) is 4.79 Å².